The molecular formula is C27H44O3. The largest absolute Gasteiger partial charge is 0.393 e. The lowest BCUT2D eigenvalue weighted by molar-refractivity contribution is -0.0358. The van der Waals surface area contributed by atoms with Gasteiger partial charge in [0.1, 0.15) is 0 Å². The summed E-state index contributed by atoms with van der Waals surface area (Å²) in [7, 11) is 1.79. The molecule has 0 aromatic rings. The number of fused-ring (bicyclic) bond motifs is 5. The summed E-state index contributed by atoms with van der Waals surface area (Å²) in [5.74, 6) is 2.70. The molecule has 170 valence electrons. The average molecular weight is 417 g/mol. The molecule has 0 bridgehead atoms. The van der Waals surface area contributed by atoms with Crippen molar-refractivity contribution in [3.05, 3.63) is 23.3 Å². The van der Waals surface area contributed by atoms with Gasteiger partial charge in [0.15, 0.2) is 0 Å². The predicted octanol–water partition coefficient (Wildman–Crippen LogP) is 5.80. The van der Waals surface area contributed by atoms with Gasteiger partial charge in [0, 0.05) is 13.7 Å². The first-order valence-electron chi connectivity index (χ1n) is 12.8. The average Bonchev–Trinajstić information content (AvgIpc) is 3.04. The van der Waals surface area contributed by atoms with Crippen LogP contribution in [0.5, 0.6) is 0 Å². The van der Waals surface area contributed by atoms with Crippen LogP contribution in [-0.2, 0) is 4.74 Å². The lowest BCUT2D eigenvalue weighted by atomic mass is 9.52. The van der Waals surface area contributed by atoms with Gasteiger partial charge in [-0.1, -0.05) is 51.2 Å². The van der Waals surface area contributed by atoms with E-state index in [1.807, 2.05) is 0 Å². The first-order chi connectivity index (χ1) is 14.5. The maximum absolute atomic E-state index is 10.7. The number of allylic oxidation sites excluding steroid dienone is 2. The third kappa shape index (κ3) is 4.45. The molecular weight excluding hydrogens is 372 g/mol. The third-order valence-electron chi connectivity index (χ3n) is 9.22. The van der Waals surface area contributed by atoms with Crippen molar-refractivity contribution in [2.45, 2.75) is 103 Å². The number of methoxy groups -OCH3 is 1. The van der Waals surface area contributed by atoms with Gasteiger partial charge < -0.3 is 14.9 Å². The SMILES string of the molecule is COCCCCCCCCC1CC2[C@H](CCC3(C)C(O)CC[C@@H]23)C2=CCC(O)C=C21. The Kier molecular flexibility index (Phi) is 7.42. The summed E-state index contributed by atoms with van der Waals surface area (Å²) in [5, 5.41) is 21.1. The number of aliphatic hydroxyl groups is 2. The number of rotatable bonds is 9. The molecule has 0 radical (unpaired) electrons. The Morgan fingerprint density at radius 1 is 1.00 bits per heavy atom. The van der Waals surface area contributed by atoms with Gasteiger partial charge >= 0.3 is 0 Å². The van der Waals surface area contributed by atoms with Crippen LogP contribution in [0.1, 0.15) is 90.4 Å². The molecule has 30 heavy (non-hydrogen) atoms. The standard InChI is InChI=1S/C27H44O3/c1-27-15-14-22-21-11-10-20(28)18-23(21)19(9-7-5-3-4-6-8-16-30-2)17-24(22)25(27)12-13-26(27)29/h11,18-20,22,24-26,28-29H,3-10,12-17H2,1-2H3/t19?,20?,22-,24?,25+,26?,27?/m1/s1. The zero-order valence-electron chi connectivity index (χ0n) is 19.3. The van der Waals surface area contributed by atoms with Crippen LogP contribution in [0.15, 0.2) is 23.3 Å². The van der Waals surface area contributed by atoms with E-state index in [4.69, 9.17) is 4.74 Å². The molecule has 7 atom stereocenters. The van der Waals surface area contributed by atoms with Gasteiger partial charge in [0.05, 0.1) is 12.2 Å². The van der Waals surface area contributed by atoms with Gasteiger partial charge in [-0.3, -0.25) is 0 Å². The van der Waals surface area contributed by atoms with Crippen LogP contribution in [0, 0.1) is 29.1 Å². The minimum absolute atomic E-state index is 0.0981. The van der Waals surface area contributed by atoms with E-state index in [-0.39, 0.29) is 17.6 Å². The predicted molar refractivity (Wildman–Crippen MR) is 122 cm³/mol. The highest BCUT2D eigenvalue weighted by molar-refractivity contribution is 5.42. The zero-order valence-corrected chi connectivity index (χ0v) is 19.3. The molecule has 4 aliphatic rings. The Balaban J connectivity index is 1.39. The summed E-state index contributed by atoms with van der Waals surface area (Å²) in [6.45, 7) is 3.26. The molecule has 5 unspecified atom stereocenters. The Labute approximate surface area is 184 Å². The molecule has 3 nitrogen and oxygen atoms in total. The van der Waals surface area contributed by atoms with Crippen LogP contribution >= 0.6 is 0 Å². The summed E-state index contributed by atoms with van der Waals surface area (Å²) in [6, 6.07) is 0. The van der Waals surface area contributed by atoms with E-state index < -0.39 is 0 Å². The zero-order chi connectivity index (χ0) is 21.1. The van der Waals surface area contributed by atoms with Crippen molar-refractivity contribution in [3.8, 4) is 0 Å². The van der Waals surface area contributed by atoms with Crippen molar-refractivity contribution < 1.29 is 14.9 Å². The second-order valence-electron chi connectivity index (χ2n) is 10.9. The first kappa shape index (κ1) is 22.6. The summed E-state index contributed by atoms with van der Waals surface area (Å²) in [4.78, 5) is 0. The minimum Gasteiger partial charge on any atom is -0.393 e. The number of hydrogen-bond donors (Lipinski definition) is 2. The molecule has 3 heteroatoms. The molecule has 2 N–H and O–H groups in total. The maximum Gasteiger partial charge on any atom is 0.0761 e. The van der Waals surface area contributed by atoms with E-state index in [1.165, 1.54) is 76.2 Å². The highest BCUT2D eigenvalue weighted by Gasteiger charge is 2.56. The monoisotopic (exact) mass is 416 g/mol. The highest BCUT2D eigenvalue weighted by atomic mass is 16.5. The van der Waals surface area contributed by atoms with E-state index in [2.05, 4.69) is 19.1 Å². The van der Waals surface area contributed by atoms with Crippen LogP contribution in [0.25, 0.3) is 0 Å². The van der Waals surface area contributed by atoms with Gasteiger partial charge in [-0.15, -0.1) is 0 Å². The van der Waals surface area contributed by atoms with Crippen LogP contribution in [0.2, 0.25) is 0 Å². The fourth-order valence-corrected chi connectivity index (χ4v) is 7.52. The molecule has 0 aliphatic heterocycles. The van der Waals surface area contributed by atoms with Crippen molar-refractivity contribution in [1.29, 1.82) is 0 Å². The number of ether oxygens (including phenoxy) is 1. The number of aliphatic hydroxyl groups excluding tert-OH is 2. The van der Waals surface area contributed by atoms with Crippen molar-refractivity contribution in [2.24, 2.45) is 29.1 Å². The molecule has 4 aliphatic carbocycles. The quantitative estimate of drug-likeness (QED) is 0.467. The smallest absolute Gasteiger partial charge is 0.0761 e. The Bertz CT molecular complexity index is 638. The molecule has 4 rings (SSSR count). The van der Waals surface area contributed by atoms with Gasteiger partial charge in [-0.2, -0.15) is 0 Å². The third-order valence-corrected chi connectivity index (χ3v) is 9.22. The Morgan fingerprint density at radius 3 is 2.57 bits per heavy atom. The molecule has 3 saturated carbocycles. The molecule has 3 fully saturated rings. The van der Waals surface area contributed by atoms with Gasteiger partial charge in [-0.25, -0.2) is 0 Å². The van der Waals surface area contributed by atoms with E-state index in [9.17, 15) is 10.2 Å². The van der Waals surface area contributed by atoms with Gasteiger partial charge in [-0.05, 0) is 91.6 Å². The maximum atomic E-state index is 10.7. The molecule has 0 saturated heterocycles. The Morgan fingerprint density at radius 2 is 1.77 bits per heavy atom. The van der Waals surface area contributed by atoms with Crippen LogP contribution < -0.4 is 0 Å². The lowest BCUT2D eigenvalue weighted by Gasteiger charge is -2.53. The topological polar surface area (TPSA) is 49.7 Å². The van der Waals surface area contributed by atoms with E-state index in [0.29, 0.717) is 17.8 Å². The van der Waals surface area contributed by atoms with Crippen molar-refractivity contribution in [3.63, 3.8) is 0 Å². The second-order valence-corrected chi connectivity index (χ2v) is 10.9. The summed E-state index contributed by atoms with van der Waals surface area (Å²) in [6.07, 6.45) is 19.9. The second kappa shape index (κ2) is 9.88. The number of unbranched alkanes of at least 4 members (excludes halogenated alkanes) is 5. The first-order valence-corrected chi connectivity index (χ1v) is 12.8. The van der Waals surface area contributed by atoms with Crippen LogP contribution in [0.3, 0.4) is 0 Å². The Hall–Kier alpha value is -0.640. The van der Waals surface area contributed by atoms with Gasteiger partial charge in [0.2, 0.25) is 0 Å². The normalized spacial score (nSPS) is 40.3. The molecule has 0 spiro atoms. The summed E-state index contributed by atoms with van der Waals surface area (Å²) < 4.78 is 5.15. The molecule has 0 aromatic heterocycles. The number of hydrogen-bond acceptors (Lipinski definition) is 3. The van der Waals surface area contributed by atoms with Crippen molar-refractivity contribution in [1.82, 2.24) is 0 Å². The van der Waals surface area contributed by atoms with Crippen LogP contribution in [-0.4, -0.2) is 36.1 Å². The molecule has 0 amide bonds. The van der Waals surface area contributed by atoms with Crippen molar-refractivity contribution >= 4 is 0 Å². The fraction of sp³-hybridized carbons (Fsp3) is 0.852. The fourth-order valence-electron chi connectivity index (χ4n) is 7.52. The van der Waals surface area contributed by atoms with Crippen molar-refractivity contribution in [2.75, 3.05) is 13.7 Å². The van der Waals surface area contributed by atoms with E-state index in [1.54, 1.807) is 12.7 Å². The van der Waals surface area contributed by atoms with E-state index in [0.717, 1.165) is 25.4 Å². The van der Waals surface area contributed by atoms with E-state index >= 15 is 0 Å². The molecule has 0 heterocycles. The lowest BCUT2D eigenvalue weighted by Crippen LogP contribution is -2.47. The minimum atomic E-state index is -0.286. The van der Waals surface area contributed by atoms with Gasteiger partial charge in [0.25, 0.3) is 0 Å². The van der Waals surface area contributed by atoms with Crippen LogP contribution in [0.4, 0.5) is 0 Å². The highest BCUT2D eigenvalue weighted by Crippen LogP contribution is 2.62. The molecule has 0 aromatic carbocycles. The summed E-state index contributed by atoms with van der Waals surface area (Å²) >= 11 is 0. The summed E-state index contributed by atoms with van der Waals surface area (Å²) in [5.41, 5.74) is 3.23.